The second-order valence-electron chi connectivity index (χ2n) is 7.63. The van der Waals surface area contributed by atoms with Gasteiger partial charge in [-0.3, -0.25) is 9.59 Å². The van der Waals surface area contributed by atoms with Crippen LogP contribution in [0.4, 0.5) is 0 Å². The number of carbonyl (C=O) groups excluding carboxylic acids is 2. The molecule has 0 bridgehead atoms. The van der Waals surface area contributed by atoms with Crippen LogP contribution in [-0.2, 0) is 13.0 Å². The summed E-state index contributed by atoms with van der Waals surface area (Å²) in [5.74, 6) is 0.112. The molecule has 6 heteroatoms. The summed E-state index contributed by atoms with van der Waals surface area (Å²) in [6, 6.07) is 0.288. The Morgan fingerprint density at radius 2 is 1.76 bits per heavy atom. The van der Waals surface area contributed by atoms with E-state index in [1.54, 1.807) is 0 Å². The molecule has 0 radical (unpaired) electrons. The predicted octanol–water partition coefficient (Wildman–Crippen LogP) is 2.81. The molecule has 0 unspecified atom stereocenters. The lowest BCUT2D eigenvalue weighted by Crippen LogP contribution is -2.36. The molecule has 0 aromatic carbocycles. The zero-order valence-corrected chi connectivity index (χ0v) is 15.4. The maximum atomic E-state index is 12.8. The van der Waals surface area contributed by atoms with Crippen LogP contribution in [0.2, 0.25) is 0 Å². The van der Waals surface area contributed by atoms with Crippen LogP contribution in [0.1, 0.15) is 92.0 Å². The van der Waals surface area contributed by atoms with Crippen molar-refractivity contribution >= 4 is 11.8 Å². The molecule has 1 aromatic heterocycles. The van der Waals surface area contributed by atoms with Crippen LogP contribution in [0, 0.1) is 0 Å². The molecular formula is C19H30N4O2. The fourth-order valence-corrected chi connectivity index (χ4v) is 3.90. The number of nitrogens with one attached hydrogen (secondary N) is 2. The Bertz CT molecular complexity index is 628. The highest BCUT2D eigenvalue weighted by Crippen LogP contribution is 2.22. The van der Waals surface area contributed by atoms with Gasteiger partial charge in [-0.25, -0.2) is 4.98 Å². The number of imidazole rings is 1. The average Bonchev–Trinajstić information content (AvgIpc) is 2.78. The van der Waals surface area contributed by atoms with Crippen LogP contribution in [0.3, 0.4) is 0 Å². The summed E-state index contributed by atoms with van der Waals surface area (Å²) < 4.78 is 1.96. The number of fused-ring (bicyclic) bond motifs is 1. The minimum absolute atomic E-state index is 0.0525. The average molecular weight is 346 g/mol. The van der Waals surface area contributed by atoms with Gasteiger partial charge in [0.1, 0.15) is 5.69 Å². The molecular weight excluding hydrogens is 316 g/mol. The van der Waals surface area contributed by atoms with E-state index >= 15 is 0 Å². The molecule has 0 atom stereocenters. The summed E-state index contributed by atoms with van der Waals surface area (Å²) in [5.41, 5.74) is 1.34. The van der Waals surface area contributed by atoms with Crippen molar-refractivity contribution in [3.63, 3.8) is 0 Å². The van der Waals surface area contributed by atoms with Crippen molar-refractivity contribution in [1.82, 2.24) is 20.2 Å². The molecule has 2 heterocycles. The lowest BCUT2D eigenvalue weighted by atomic mass is 10.1. The van der Waals surface area contributed by atoms with Crippen molar-refractivity contribution in [2.75, 3.05) is 0 Å². The molecule has 1 aliphatic heterocycles. The molecule has 1 aromatic rings. The predicted molar refractivity (Wildman–Crippen MR) is 96.7 cm³/mol. The van der Waals surface area contributed by atoms with E-state index in [0.717, 1.165) is 44.3 Å². The monoisotopic (exact) mass is 346 g/mol. The molecule has 1 saturated carbocycles. The van der Waals surface area contributed by atoms with Crippen molar-refractivity contribution in [3.8, 4) is 0 Å². The Morgan fingerprint density at radius 3 is 2.44 bits per heavy atom. The number of aromatic nitrogens is 2. The minimum atomic E-state index is -0.172. The van der Waals surface area contributed by atoms with Crippen molar-refractivity contribution in [3.05, 3.63) is 17.2 Å². The van der Waals surface area contributed by atoms with Gasteiger partial charge >= 0.3 is 0 Å². The Hall–Kier alpha value is -1.85. The van der Waals surface area contributed by atoms with Gasteiger partial charge in [-0.1, -0.05) is 25.7 Å². The van der Waals surface area contributed by atoms with E-state index in [-0.39, 0.29) is 23.9 Å². The first-order valence-corrected chi connectivity index (χ1v) is 9.77. The van der Waals surface area contributed by atoms with Gasteiger partial charge in [-0.2, -0.15) is 0 Å². The number of rotatable bonds is 4. The van der Waals surface area contributed by atoms with Crippen molar-refractivity contribution in [2.24, 2.45) is 0 Å². The van der Waals surface area contributed by atoms with E-state index in [2.05, 4.69) is 15.6 Å². The topological polar surface area (TPSA) is 76.0 Å². The first kappa shape index (κ1) is 18.0. The zero-order valence-electron chi connectivity index (χ0n) is 15.4. The molecule has 2 aliphatic rings. The normalized spacial score (nSPS) is 18.5. The third-order valence-corrected chi connectivity index (χ3v) is 5.15. The molecule has 0 spiro atoms. The summed E-state index contributed by atoms with van der Waals surface area (Å²) in [7, 11) is 0. The largest absolute Gasteiger partial charge is 0.348 e. The molecule has 2 amide bonds. The van der Waals surface area contributed by atoms with Crippen LogP contribution in [0.15, 0.2) is 0 Å². The molecule has 1 fully saturated rings. The lowest BCUT2D eigenvalue weighted by molar-refractivity contribution is 0.0917. The standard InChI is InChI=1S/C19H30N4O2/c1-13(2)20-18(24)16-15-11-7-8-12-23(15)17(22-16)19(25)21-14-9-5-3-4-6-10-14/h13-14H,3-12H2,1-2H3,(H,20,24)(H,21,25). The Morgan fingerprint density at radius 1 is 1.04 bits per heavy atom. The number of amides is 2. The maximum absolute atomic E-state index is 12.8. The summed E-state index contributed by atoms with van der Waals surface area (Å²) in [5, 5.41) is 6.07. The summed E-state index contributed by atoms with van der Waals surface area (Å²) in [6.45, 7) is 4.63. The minimum Gasteiger partial charge on any atom is -0.348 e. The van der Waals surface area contributed by atoms with Gasteiger partial charge in [-0.05, 0) is 46.0 Å². The van der Waals surface area contributed by atoms with Crippen LogP contribution in [-0.4, -0.2) is 33.4 Å². The molecule has 2 N–H and O–H groups in total. The van der Waals surface area contributed by atoms with Gasteiger partial charge < -0.3 is 15.2 Å². The number of nitrogens with zero attached hydrogens (tertiary/aromatic N) is 2. The fourth-order valence-electron chi connectivity index (χ4n) is 3.90. The van der Waals surface area contributed by atoms with E-state index in [1.165, 1.54) is 25.7 Å². The zero-order chi connectivity index (χ0) is 17.8. The van der Waals surface area contributed by atoms with Crippen molar-refractivity contribution in [1.29, 1.82) is 0 Å². The van der Waals surface area contributed by atoms with Gasteiger partial charge in [-0.15, -0.1) is 0 Å². The van der Waals surface area contributed by atoms with Crippen molar-refractivity contribution < 1.29 is 9.59 Å². The summed E-state index contributed by atoms with van der Waals surface area (Å²) in [6.07, 6.45) is 9.81. The second-order valence-corrected chi connectivity index (χ2v) is 7.63. The molecule has 1 aliphatic carbocycles. The second kappa shape index (κ2) is 8.02. The highest BCUT2D eigenvalue weighted by Gasteiger charge is 2.28. The van der Waals surface area contributed by atoms with E-state index in [1.807, 2.05) is 18.4 Å². The number of hydrogen-bond donors (Lipinski definition) is 2. The quantitative estimate of drug-likeness (QED) is 0.823. The number of carbonyl (C=O) groups is 2. The number of hydrogen-bond acceptors (Lipinski definition) is 3. The van der Waals surface area contributed by atoms with Gasteiger partial charge in [0.2, 0.25) is 0 Å². The lowest BCUT2D eigenvalue weighted by Gasteiger charge is -2.19. The molecule has 0 saturated heterocycles. The molecule has 6 nitrogen and oxygen atoms in total. The van der Waals surface area contributed by atoms with Gasteiger partial charge in [0.05, 0.1) is 5.69 Å². The van der Waals surface area contributed by atoms with Crippen LogP contribution in [0.5, 0.6) is 0 Å². The van der Waals surface area contributed by atoms with Gasteiger partial charge in [0.25, 0.3) is 11.8 Å². The first-order valence-electron chi connectivity index (χ1n) is 9.77. The summed E-state index contributed by atoms with van der Waals surface area (Å²) >= 11 is 0. The summed E-state index contributed by atoms with van der Waals surface area (Å²) in [4.78, 5) is 29.8. The SMILES string of the molecule is CC(C)NC(=O)c1nc(C(=O)NC2CCCCCC2)n2c1CCCC2. The van der Waals surface area contributed by atoms with Crippen LogP contribution in [0.25, 0.3) is 0 Å². The third-order valence-electron chi connectivity index (χ3n) is 5.15. The Labute approximate surface area is 149 Å². The molecule has 3 rings (SSSR count). The van der Waals surface area contributed by atoms with Crippen LogP contribution < -0.4 is 10.6 Å². The van der Waals surface area contributed by atoms with E-state index in [9.17, 15) is 9.59 Å². The fraction of sp³-hybridized carbons (Fsp3) is 0.737. The highest BCUT2D eigenvalue weighted by atomic mass is 16.2. The third kappa shape index (κ3) is 4.22. The smallest absolute Gasteiger partial charge is 0.287 e. The van der Waals surface area contributed by atoms with E-state index < -0.39 is 0 Å². The van der Waals surface area contributed by atoms with E-state index in [0.29, 0.717) is 11.5 Å². The van der Waals surface area contributed by atoms with Gasteiger partial charge in [0, 0.05) is 18.6 Å². The maximum Gasteiger partial charge on any atom is 0.287 e. The van der Waals surface area contributed by atoms with Crippen molar-refractivity contribution in [2.45, 2.75) is 90.3 Å². The first-order chi connectivity index (χ1) is 12.1. The molecule has 138 valence electrons. The van der Waals surface area contributed by atoms with Crippen LogP contribution >= 0.6 is 0 Å². The Balaban J connectivity index is 1.81. The Kier molecular flexibility index (Phi) is 5.76. The van der Waals surface area contributed by atoms with Gasteiger partial charge in [0.15, 0.2) is 5.82 Å². The van der Waals surface area contributed by atoms with E-state index in [4.69, 9.17) is 0 Å². The molecule has 25 heavy (non-hydrogen) atoms. The highest BCUT2D eigenvalue weighted by molar-refractivity contribution is 5.97.